The number of aromatic hydroxyl groups is 2. The summed E-state index contributed by atoms with van der Waals surface area (Å²) < 4.78 is 0. The van der Waals surface area contributed by atoms with E-state index >= 15 is 0 Å². The second-order valence-corrected chi connectivity index (χ2v) is 16.8. The van der Waals surface area contributed by atoms with E-state index in [1.165, 1.54) is 24.0 Å². The van der Waals surface area contributed by atoms with Crippen molar-refractivity contribution in [1.29, 1.82) is 0 Å². The summed E-state index contributed by atoms with van der Waals surface area (Å²) >= 11 is 0. The van der Waals surface area contributed by atoms with Gasteiger partial charge in [0.25, 0.3) is 0 Å². The van der Waals surface area contributed by atoms with Crippen molar-refractivity contribution in [2.45, 2.75) is 156 Å². The van der Waals surface area contributed by atoms with Gasteiger partial charge < -0.3 is 15.5 Å². The number of nitrogens with one attached hydrogen (secondary N) is 1. The van der Waals surface area contributed by atoms with Gasteiger partial charge in [-0.05, 0) is 63.8 Å². The van der Waals surface area contributed by atoms with Crippen molar-refractivity contribution in [3.05, 3.63) is 57.6 Å². The molecular weight excluding hydrogens is 504 g/mol. The van der Waals surface area contributed by atoms with Crippen LogP contribution < -0.4 is 5.32 Å². The lowest BCUT2D eigenvalue weighted by atomic mass is 9.78. The molecule has 41 heavy (non-hydrogen) atoms. The van der Waals surface area contributed by atoms with Gasteiger partial charge in [-0.2, -0.15) is 0 Å². The Morgan fingerprint density at radius 2 is 1.10 bits per heavy atom. The van der Waals surface area contributed by atoms with E-state index in [-0.39, 0.29) is 21.7 Å². The molecule has 1 aliphatic rings. The predicted molar refractivity (Wildman–Crippen MR) is 175 cm³/mol. The summed E-state index contributed by atoms with van der Waals surface area (Å²) in [4.78, 5) is 2.44. The smallest absolute Gasteiger partial charge is 0.123 e. The molecule has 2 aromatic carbocycles. The van der Waals surface area contributed by atoms with Gasteiger partial charge in [0.2, 0.25) is 0 Å². The number of hydrogen-bond acceptors (Lipinski definition) is 4. The second kappa shape index (κ2) is 11.9. The van der Waals surface area contributed by atoms with Gasteiger partial charge >= 0.3 is 0 Å². The Bertz CT molecular complexity index is 1200. The number of likely N-dealkylation sites (N-methyl/N-ethyl adjacent to an activating group) is 1. The first-order chi connectivity index (χ1) is 18.6. The standard InChI is InChI=1S/C37H60N2O2/c1-34(2,3)26-18-24(32(40)28(20-26)36(7,8)9)22-38-30-16-14-15-17-31(30)39(13)23-25-19-27(35(4,5)6)21-29(33(25)41)37(10,11)12/h18-21,30-31,38,40-41H,14-17,22-23H2,1-13H3/t30-,31-/m1/s1. The molecule has 2 atom stereocenters. The third kappa shape index (κ3) is 8.08. The SMILES string of the molecule is CN(Cc1cc(C(C)(C)C)cc(C(C)(C)C)c1O)[C@@H]1CCCC[C@H]1NCc1cc(C(C)(C)C)cc(C(C)(C)C)c1O. The highest BCUT2D eigenvalue weighted by molar-refractivity contribution is 5.50. The van der Waals surface area contributed by atoms with Crippen LogP contribution in [0.1, 0.15) is 142 Å². The Kier molecular flexibility index (Phi) is 9.73. The summed E-state index contributed by atoms with van der Waals surface area (Å²) in [6.07, 6.45) is 4.67. The van der Waals surface area contributed by atoms with E-state index in [1.807, 2.05) is 0 Å². The van der Waals surface area contributed by atoms with Crippen molar-refractivity contribution in [1.82, 2.24) is 10.2 Å². The lowest BCUT2D eigenvalue weighted by Gasteiger charge is -2.39. The number of nitrogens with zero attached hydrogens (tertiary/aromatic N) is 1. The molecule has 0 amide bonds. The van der Waals surface area contributed by atoms with Crippen LogP contribution in [0.2, 0.25) is 0 Å². The minimum absolute atomic E-state index is 0.00541. The van der Waals surface area contributed by atoms with Crippen LogP contribution in [0.15, 0.2) is 24.3 Å². The minimum atomic E-state index is -0.136. The molecule has 1 saturated carbocycles. The predicted octanol–water partition coefficient (Wildman–Crippen LogP) is 8.82. The monoisotopic (exact) mass is 564 g/mol. The Labute approximate surface area is 252 Å². The second-order valence-electron chi connectivity index (χ2n) is 16.8. The van der Waals surface area contributed by atoms with Gasteiger partial charge in [0.15, 0.2) is 0 Å². The van der Waals surface area contributed by atoms with Gasteiger partial charge in [0, 0.05) is 36.3 Å². The first-order valence-electron chi connectivity index (χ1n) is 15.8. The molecule has 1 fully saturated rings. The maximum Gasteiger partial charge on any atom is 0.123 e. The first kappa shape index (κ1) is 33.5. The van der Waals surface area contributed by atoms with Crippen LogP contribution in [-0.4, -0.2) is 34.2 Å². The molecule has 0 spiro atoms. The largest absolute Gasteiger partial charge is 0.507 e. The molecular formula is C37H60N2O2. The summed E-state index contributed by atoms with van der Waals surface area (Å²) in [6, 6.07) is 9.49. The van der Waals surface area contributed by atoms with Crippen LogP contribution in [0, 0.1) is 0 Å². The van der Waals surface area contributed by atoms with Crippen LogP contribution in [-0.2, 0) is 34.7 Å². The molecule has 0 unspecified atom stereocenters. The van der Waals surface area contributed by atoms with Crippen molar-refractivity contribution >= 4 is 0 Å². The third-order valence-electron chi connectivity index (χ3n) is 9.00. The van der Waals surface area contributed by atoms with E-state index in [2.05, 4.69) is 125 Å². The number of hydrogen-bond donors (Lipinski definition) is 3. The Morgan fingerprint density at radius 1 is 0.659 bits per heavy atom. The zero-order chi connectivity index (χ0) is 31.1. The van der Waals surface area contributed by atoms with Crippen molar-refractivity contribution in [2.24, 2.45) is 0 Å². The van der Waals surface area contributed by atoms with E-state index in [0.29, 0.717) is 36.7 Å². The van der Waals surface area contributed by atoms with E-state index in [0.717, 1.165) is 35.1 Å². The molecule has 4 heteroatoms. The van der Waals surface area contributed by atoms with Crippen LogP contribution in [0.4, 0.5) is 0 Å². The lowest BCUT2D eigenvalue weighted by Crippen LogP contribution is -2.50. The average molecular weight is 565 g/mol. The molecule has 230 valence electrons. The highest BCUT2D eigenvalue weighted by Crippen LogP contribution is 2.40. The van der Waals surface area contributed by atoms with Gasteiger partial charge in [-0.15, -0.1) is 0 Å². The molecule has 2 aromatic rings. The van der Waals surface area contributed by atoms with Crippen LogP contribution in [0.3, 0.4) is 0 Å². The number of rotatable bonds is 6. The Hall–Kier alpha value is -2.04. The third-order valence-corrected chi connectivity index (χ3v) is 9.00. The van der Waals surface area contributed by atoms with E-state index in [4.69, 9.17) is 0 Å². The molecule has 3 N–H and O–H groups in total. The lowest BCUT2D eigenvalue weighted by molar-refractivity contribution is 0.141. The Morgan fingerprint density at radius 3 is 1.56 bits per heavy atom. The van der Waals surface area contributed by atoms with Gasteiger partial charge in [-0.1, -0.05) is 120 Å². The summed E-state index contributed by atoms with van der Waals surface area (Å²) in [7, 11) is 2.21. The highest BCUT2D eigenvalue weighted by atomic mass is 16.3. The minimum Gasteiger partial charge on any atom is -0.507 e. The fraction of sp³-hybridized carbons (Fsp3) is 0.676. The molecule has 0 heterocycles. The summed E-state index contributed by atoms with van der Waals surface area (Å²) in [5, 5.41) is 26.6. The molecule has 1 aliphatic carbocycles. The van der Waals surface area contributed by atoms with Crippen molar-refractivity contribution < 1.29 is 10.2 Å². The zero-order valence-corrected chi connectivity index (χ0v) is 28.5. The molecule has 0 aliphatic heterocycles. The normalized spacial score (nSPS) is 19.2. The quantitative estimate of drug-likeness (QED) is 0.328. The van der Waals surface area contributed by atoms with Crippen LogP contribution in [0.25, 0.3) is 0 Å². The van der Waals surface area contributed by atoms with E-state index in [9.17, 15) is 10.2 Å². The van der Waals surface area contributed by atoms with Crippen LogP contribution in [0.5, 0.6) is 11.5 Å². The van der Waals surface area contributed by atoms with E-state index in [1.54, 1.807) is 0 Å². The van der Waals surface area contributed by atoms with Crippen molar-refractivity contribution in [3.63, 3.8) is 0 Å². The first-order valence-corrected chi connectivity index (χ1v) is 15.8. The number of phenolic OH excluding ortho intramolecular Hbond substituents is 2. The van der Waals surface area contributed by atoms with Crippen molar-refractivity contribution in [2.75, 3.05) is 7.05 Å². The Balaban J connectivity index is 1.89. The molecule has 4 nitrogen and oxygen atoms in total. The van der Waals surface area contributed by atoms with Gasteiger partial charge in [0.05, 0.1) is 0 Å². The maximum absolute atomic E-state index is 11.4. The van der Waals surface area contributed by atoms with Gasteiger partial charge in [0.1, 0.15) is 11.5 Å². The number of benzene rings is 2. The molecule has 0 bridgehead atoms. The topological polar surface area (TPSA) is 55.7 Å². The highest BCUT2D eigenvalue weighted by Gasteiger charge is 2.31. The van der Waals surface area contributed by atoms with Gasteiger partial charge in [-0.3, -0.25) is 4.90 Å². The van der Waals surface area contributed by atoms with Gasteiger partial charge in [-0.25, -0.2) is 0 Å². The zero-order valence-electron chi connectivity index (χ0n) is 28.5. The molecule has 0 radical (unpaired) electrons. The summed E-state index contributed by atoms with van der Waals surface area (Å²) in [5.74, 6) is 0.869. The van der Waals surface area contributed by atoms with Crippen molar-refractivity contribution in [3.8, 4) is 11.5 Å². The number of phenols is 2. The fourth-order valence-electron chi connectivity index (χ4n) is 6.16. The molecule has 0 saturated heterocycles. The van der Waals surface area contributed by atoms with Crippen LogP contribution >= 0.6 is 0 Å². The fourth-order valence-corrected chi connectivity index (χ4v) is 6.16. The molecule has 3 rings (SSSR count). The van der Waals surface area contributed by atoms with E-state index < -0.39 is 0 Å². The maximum atomic E-state index is 11.4. The average Bonchev–Trinajstić information content (AvgIpc) is 2.81. The summed E-state index contributed by atoms with van der Waals surface area (Å²) in [5.41, 5.74) is 6.31. The summed E-state index contributed by atoms with van der Waals surface area (Å²) in [6.45, 7) is 27.9. The molecule has 0 aromatic heterocycles.